The van der Waals surface area contributed by atoms with Gasteiger partial charge in [0.1, 0.15) is 0 Å². The van der Waals surface area contributed by atoms with Crippen molar-refractivity contribution in [1.29, 1.82) is 0 Å². The summed E-state index contributed by atoms with van der Waals surface area (Å²) < 4.78 is 0. The average Bonchev–Trinajstić information content (AvgIpc) is 2.48. The normalized spacial score (nSPS) is 12.0. The summed E-state index contributed by atoms with van der Waals surface area (Å²) in [5.74, 6) is 0. The molecule has 1 N–H and O–H groups in total. The molecule has 0 spiro atoms. The van der Waals surface area contributed by atoms with E-state index in [0.29, 0.717) is 0 Å². The number of hydrogen-bond donors (Lipinski definition) is 1. The molecule has 1 aromatic heterocycles. The SMILES string of the molecule is CNCCC(C)(C)c1sccc1Cl. The van der Waals surface area contributed by atoms with Crippen LogP contribution in [0.5, 0.6) is 0 Å². The van der Waals surface area contributed by atoms with Gasteiger partial charge in [0, 0.05) is 10.3 Å². The van der Waals surface area contributed by atoms with E-state index in [0.717, 1.165) is 18.0 Å². The molecule has 0 radical (unpaired) electrons. The third-order valence-electron chi connectivity index (χ3n) is 2.23. The quantitative estimate of drug-likeness (QED) is 0.816. The minimum Gasteiger partial charge on any atom is -0.320 e. The molecule has 0 bridgehead atoms. The zero-order chi connectivity index (χ0) is 9.90. The van der Waals surface area contributed by atoms with Gasteiger partial charge in [0.2, 0.25) is 0 Å². The van der Waals surface area contributed by atoms with Gasteiger partial charge in [-0.2, -0.15) is 0 Å². The monoisotopic (exact) mass is 217 g/mol. The van der Waals surface area contributed by atoms with E-state index in [9.17, 15) is 0 Å². The van der Waals surface area contributed by atoms with E-state index < -0.39 is 0 Å². The first kappa shape index (κ1) is 11.0. The van der Waals surface area contributed by atoms with Crippen molar-refractivity contribution >= 4 is 22.9 Å². The number of hydrogen-bond acceptors (Lipinski definition) is 2. The molecular formula is C10H16ClNS. The number of thiophene rings is 1. The predicted octanol–water partition coefficient (Wildman–Crippen LogP) is 3.29. The zero-order valence-electron chi connectivity index (χ0n) is 8.36. The van der Waals surface area contributed by atoms with Gasteiger partial charge in [-0.1, -0.05) is 25.4 Å². The average molecular weight is 218 g/mol. The van der Waals surface area contributed by atoms with E-state index in [4.69, 9.17) is 11.6 Å². The maximum atomic E-state index is 6.09. The van der Waals surface area contributed by atoms with Crippen LogP contribution in [0, 0.1) is 0 Å². The fourth-order valence-corrected chi connectivity index (χ4v) is 2.80. The first-order chi connectivity index (χ1) is 6.08. The molecule has 1 nitrogen and oxygen atoms in total. The summed E-state index contributed by atoms with van der Waals surface area (Å²) in [7, 11) is 1.98. The van der Waals surface area contributed by atoms with E-state index in [1.54, 1.807) is 11.3 Å². The molecule has 1 heterocycles. The summed E-state index contributed by atoms with van der Waals surface area (Å²) in [6.07, 6.45) is 1.11. The van der Waals surface area contributed by atoms with Gasteiger partial charge < -0.3 is 5.32 Å². The van der Waals surface area contributed by atoms with Gasteiger partial charge in [-0.05, 0) is 31.5 Å². The van der Waals surface area contributed by atoms with Crippen molar-refractivity contribution in [2.75, 3.05) is 13.6 Å². The Morgan fingerprint density at radius 3 is 2.69 bits per heavy atom. The molecule has 0 atom stereocenters. The van der Waals surface area contributed by atoms with Crippen LogP contribution in [-0.2, 0) is 5.41 Å². The molecule has 0 saturated carbocycles. The van der Waals surface area contributed by atoms with Crippen LogP contribution in [0.3, 0.4) is 0 Å². The van der Waals surface area contributed by atoms with Crippen molar-refractivity contribution in [3.63, 3.8) is 0 Å². The molecule has 0 aliphatic heterocycles. The van der Waals surface area contributed by atoms with Crippen molar-refractivity contribution in [2.24, 2.45) is 0 Å². The topological polar surface area (TPSA) is 12.0 Å². The number of halogens is 1. The highest BCUT2D eigenvalue weighted by Crippen LogP contribution is 2.36. The fourth-order valence-electron chi connectivity index (χ4n) is 1.33. The second kappa shape index (κ2) is 4.45. The Morgan fingerprint density at radius 1 is 1.54 bits per heavy atom. The lowest BCUT2D eigenvalue weighted by molar-refractivity contribution is 0.477. The van der Waals surface area contributed by atoms with E-state index in [1.807, 2.05) is 13.1 Å². The Morgan fingerprint density at radius 2 is 2.23 bits per heavy atom. The van der Waals surface area contributed by atoms with Crippen molar-refractivity contribution in [1.82, 2.24) is 5.32 Å². The van der Waals surface area contributed by atoms with Crippen LogP contribution in [0.25, 0.3) is 0 Å². The van der Waals surface area contributed by atoms with Crippen LogP contribution < -0.4 is 5.32 Å². The minimum absolute atomic E-state index is 0.189. The highest BCUT2D eigenvalue weighted by molar-refractivity contribution is 7.10. The summed E-state index contributed by atoms with van der Waals surface area (Å²) in [5.41, 5.74) is 0.189. The zero-order valence-corrected chi connectivity index (χ0v) is 9.93. The van der Waals surface area contributed by atoms with Gasteiger partial charge >= 0.3 is 0 Å². The maximum Gasteiger partial charge on any atom is 0.0550 e. The highest BCUT2D eigenvalue weighted by Gasteiger charge is 2.23. The molecule has 0 amide bonds. The predicted molar refractivity (Wildman–Crippen MR) is 60.9 cm³/mol. The van der Waals surface area contributed by atoms with Crippen LogP contribution in [0.2, 0.25) is 5.02 Å². The molecule has 74 valence electrons. The summed E-state index contributed by atoms with van der Waals surface area (Å²) in [4.78, 5) is 1.30. The molecule has 0 aromatic carbocycles. The Hall–Kier alpha value is -0.0500. The smallest absolute Gasteiger partial charge is 0.0550 e. The van der Waals surface area contributed by atoms with Crippen molar-refractivity contribution in [3.05, 3.63) is 21.3 Å². The van der Waals surface area contributed by atoms with Crippen LogP contribution in [0.4, 0.5) is 0 Å². The molecule has 0 unspecified atom stereocenters. The fraction of sp³-hybridized carbons (Fsp3) is 0.600. The minimum atomic E-state index is 0.189. The molecule has 0 saturated heterocycles. The van der Waals surface area contributed by atoms with Crippen molar-refractivity contribution < 1.29 is 0 Å². The second-order valence-electron chi connectivity index (χ2n) is 3.84. The first-order valence-electron chi connectivity index (χ1n) is 4.46. The first-order valence-corrected chi connectivity index (χ1v) is 5.72. The lowest BCUT2D eigenvalue weighted by atomic mass is 9.87. The molecule has 0 aliphatic rings. The standard InChI is InChI=1S/C10H16ClNS/c1-10(2,5-6-12-3)9-8(11)4-7-13-9/h4,7,12H,5-6H2,1-3H3. The van der Waals surface area contributed by atoms with E-state index in [-0.39, 0.29) is 5.41 Å². The van der Waals surface area contributed by atoms with Crippen molar-refractivity contribution in [2.45, 2.75) is 25.7 Å². The van der Waals surface area contributed by atoms with Gasteiger partial charge in [-0.25, -0.2) is 0 Å². The van der Waals surface area contributed by atoms with Crippen LogP contribution in [0.1, 0.15) is 25.1 Å². The van der Waals surface area contributed by atoms with Gasteiger partial charge in [-0.15, -0.1) is 11.3 Å². The number of nitrogens with one attached hydrogen (secondary N) is 1. The van der Waals surface area contributed by atoms with Gasteiger partial charge in [0.25, 0.3) is 0 Å². The van der Waals surface area contributed by atoms with Crippen molar-refractivity contribution in [3.8, 4) is 0 Å². The third kappa shape index (κ3) is 2.70. The van der Waals surface area contributed by atoms with E-state index >= 15 is 0 Å². The summed E-state index contributed by atoms with van der Waals surface area (Å²) in [6, 6.07) is 1.97. The molecular weight excluding hydrogens is 202 g/mol. The summed E-state index contributed by atoms with van der Waals surface area (Å²) >= 11 is 7.84. The van der Waals surface area contributed by atoms with E-state index in [2.05, 4.69) is 24.5 Å². The molecule has 0 aliphatic carbocycles. The van der Waals surface area contributed by atoms with Gasteiger partial charge in [-0.3, -0.25) is 0 Å². The molecule has 13 heavy (non-hydrogen) atoms. The highest BCUT2D eigenvalue weighted by atomic mass is 35.5. The molecule has 0 fully saturated rings. The Kier molecular flexibility index (Phi) is 3.77. The Balaban J connectivity index is 2.74. The third-order valence-corrected chi connectivity index (χ3v) is 3.94. The number of rotatable bonds is 4. The van der Waals surface area contributed by atoms with Crippen LogP contribution in [-0.4, -0.2) is 13.6 Å². The summed E-state index contributed by atoms with van der Waals surface area (Å²) in [6.45, 7) is 5.51. The summed E-state index contributed by atoms with van der Waals surface area (Å²) in [5, 5.41) is 6.13. The largest absolute Gasteiger partial charge is 0.320 e. The Bertz CT molecular complexity index is 268. The van der Waals surface area contributed by atoms with Gasteiger partial charge in [0.05, 0.1) is 5.02 Å². The van der Waals surface area contributed by atoms with Crippen LogP contribution >= 0.6 is 22.9 Å². The van der Waals surface area contributed by atoms with Gasteiger partial charge in [0.15, 0.2) is 0 Å². The van der Waals surface area contributed by atoms with E-state index in [1.165, 1.54) is 4.88 Å². The molecule has 3 heteroatoms. The Labute approximate surface area is 89.1 Å². The lowest BCUT2D eigenvalue weighted by Crippen LogP contribution is -2.22. The van der Waals surface area contributed by atoms with Crippen LogP contribution in [0.15, 0.2) is 11.4 Å². The second-order valence-corrected chi connectivity index (χ2v) is 5.16. The molecule has 1 aromatic rings. The lowest BCUT2D eigenvalue weighted by Gasteiger charge is -2.23. The molecule has 1 rings (SSSR count). The maximum absolute atomic E-state index is 6.09.